The number of carbonyl (C=O) groups is 3. The summed E-state index contributed by atoms with van der Waals surface area (Å²) in [5.74, 6) is -0.0807. The Morgan fingerprint density at radius 3 is 2.29 bits per heavy atom. The van der Waals surface area contributed by atoms with Crippen molar-refractivity contribution in [2.24, 2.45) is 0 Å². The third-order valence-electron chi connectivity index (χ3n) is 3.93. The molecule has 0 saturated heterocycles. The van der Waals surface area contributed by atoms with Crippen LogP contribution >= 0.6 is 0 Å². The monoisotopic (exact) mass is 385 g/mol. The summed E-state index contributed by atoms with van der Waals surface area (Å²) < 4.78 is 10.2. The van der Waals surface area contributed by atoms with Gasteiger partial charge >= 0.3 is 0 Å². The predicted molar refractivity (Wildman–Crippen MR) is 105 cm³/mol. The highest BCUT2D eigenvalue weighted by molar-refractivity contribution is 5.99. The maximum absolute atomic E-state index is 12.2. The van der Waals surface area contributed by atoms with Crippen LogP contribution in [0.4, 0.5) is 5.69 Å². The zero-order valence-electron chi connectivity index (χ0n) is 16.0. The number of likely N-dealkylation sites (N-methyl/N-ethyl adjacent to an activating group) is 1. The molecular weight excluding hydrogens is 362 g/mol. The SMILES string of the molecule is COc1ccc(NC(=O)CN(C)C(=O)CNC(=O)c2ccccc2OC)cc1. The first-order chi connectivity index (χ1) is 13.4. The topological polar surface area (TPSA) is 97.0 Å². The van der Waals surface area contributed by atoms with Crippen molar-refractivity contribution in [2.75, 3.05) is 39.7 Å². The number of rotatable bonds is 8. The first-order valence-electron chi connectivity index (χ1n) is 8.53. The van der Waals surface area contributed by atoms with E-state index in [2.05, 4.69) is 10.6 Å². The van der Waals surface area contributed by atoms with Crippen molar-refractivity contribution in [1.82, 2.24) is 10.2 Å². The summed E-state index contributed by atoms with van der Waals surface area (Å²) in [6.07, 6.45) is 0. The number of amides is 3. The van der Waals surface area contributed by atoms with Crippen molar-refractivity contribution in [3.8, 4) is 11.5 Å². The number of methoxy groups -OCH3 is 2. The zero-order chi connectivity index (χ0) is 20.5. The molecule has 0 spiro atoms. The standard InChI is InChI=1S/C20H23N3O5/c1-23(13-18(24)22-14-8-10-15(27-2)11-9-14)19(25)12-21-20(26)16-6-4-5-7-17(16)28-3/h4-11H,12-13H2,1-3H3,(H,21,26)(H,22,24). The lowest BCUT2D eigenvalue weighted by atomic mass is 10.2. The summed E-state index contributed by atoms with van der Waals surface area (Å²) in [5, 5.41) is 5.23. The molecule has 8 nitrogen and oxygen atoms in total. The van der Waals surface area contributed by atoms with Crippen molar-refractivity contribution in [2.45, 2.75) is 0 Å². The van der Waals surface area contributed by atoms with Gasteiger partial charge in [0.2, 0.25) is 11.8 Å². The number of nitrogens with one attached hydrogen (secondary N) is 2. The Kier molecular flexibility index (Phi) is 7.38. The van der Waals surface area contributed by atoms with E-state index in [0.29, 0.717) is 22.7 Å². The molecular formula is C20H23N3O5. The second-order valence-electron chi connectivity index (χ2n) is 5.91. The van der Waals surface area contributed by atoms with Crippen molar-refractivity contribution < 1.29 is 23.9 Å². The molecule has 0 saturated carbocycles. The Labute approximate surface area is 163 Å². The van der Waals surface area contributed by atoms with E-state index in [9.17, 15) is 14.4 Å². The molecule has 2 aromatic rings. The molecule has 0 aliphatic heterocycles. The molecule has 3 amide bonds. The molecule has 2 N–H and O–H groups in total. The number of carbonyl (C=O) groups excluding carboxylic acids is 3. The molecule has 8 heteroatoms. The average molecular weight is 385 g/mol. The van der Waals surface area contributed by atoms with Crippen LogP contribution in [-0.2, 0) is 9.59 Å². The van der Waals surface area contributed by atoms with Crippen LogP contribution in [0.2, 0.25) is 0 Å². The molecule has 2 rings (SSSR count). The number of hydrogen-bond donors (Lipinski definition) is 2. The number of nitrogens with zero attached hydrogens (tertiary/aromatic N) is 1. The van der Waals surface area contributed by atoms with E-state index < -0.39 is 11.8 Å². The highest BCUT2D eigenvalue weighted by Gasteiger charge is 2.16. The number of para-hydroxylation sites is 1. The number of ether oxygens (including phenoxy) is 2. The number of hydrogen-bond acceptors (Lipinski definition) is 5. The van der Waals surface area contributed by atoms with Crippen LogP contribution in [0.25, 0.3) is 0 Å². The molecule has 0 aliphatic carbocycles. The fourth-order valence-corrected chi connectivity index (χ4v) is 2.40. The molecule has 28 heavy (non-hydrogen) atoms. The minimum atomic E-state index is -0.429. The van der Waals surface area contributed by atoms with Crippen LogP contribution in [0.5, 0.6) is 11.5 Å². The van der Waals surface area contributed by atoms with Crippen molar-refractivity contribution in [3.05, 3.63) is 54.1 Å². The van der Waals surface area contributed by atoms with Crippen LogP contribution in [0.3, 0.4) is 0 Å². The van der Waals surface area contributed by atoms with E-state index in [4.69, 9.17) is 9.47 Å². The van der Waals surface area contributed by atoms with Crippen LogP contribution in [0, 0.1) is 0 Å². The third kappa shape index (κ3) is 5.73. The van der Waals surface area contributed by atoms with Gasteiger partial charge in [-0.25, -0.2) is 0 Å². The Balaban J connectivity index is 1.83. The minimum absolute atomic E-state index is 0.143. The van der Waals surface area contributed by atoms with E-state index >= 15 is 0 Å². The fraction of sp³-hybridized carbons (Fsp3) is 0.250. The largest absolute Gasteiger partial charge is 0.497 e. The van der Waals surface area contributed by atoms with Gasteiger partial charge < -0.3 is 25.0 Å². The van der Waals surface area contributed by atoms with Crippen molar-refractivity contribution in [3.63, 3.8) is 0 Å². The quantitative estimate of drug-likeness (QED) is 0.718. The molecule has 0 fully saturated rings. The average Bonchev–Trinajstić information content (AvgIpc) is 2.72. The maximum atomic E-state index is 12.2. The molecule has 148 valence electrons. The summed E-state index contributed by atoms with van der Waals surface area (Å²) in [6.45, 7) is -0.376. The first-order valence-corrected chi connectivity index (χ1v) is 8.53. The van der Waals surface area contributed by atoms with Crippen molar-refractivity contribution >= 4 is 23.4 Å². The predicted octanol–water partition coefficient (Wildman–Crippen LogP) is 1.53. The summed E-state index contributed by atoms with van der Waals surface area (Å²) in [7, 11) is 4.51. The van der Waals surface area contributed by atoms with Gasteiger partial charge in [0.15, 0.2) is 0 Å². The fourth-order valence-electron chi connectivity index (χ4n) is 2.40. The molecule has 0 aliphatic rings. The highest BCUT2D eigenvalue weighted by atomic mass is 16.5. The zero-order valence-corrected chi connectivity index (χ0v) is 16.0. The number of anilines is 1. The van der Waals surface area contributed by atoms with Gasteiger partial charge in [-0.15, -0.1) is 0 Å². The Bertz CT molecular complexity index is 836. The second kappa shape index (κ2) is 9.96. The molecule has 0 heterocycles. The molecule has 0 atom stereocenters. The van der Waals surface area contributed by atoms with Gasteiger partial charge in [-0.05, 0) is 36.4 Å². The Morgan fingerprint density at radius 2 is 1.64 bits per heavy atom. The van der Waals surface area contributed by atoms with Gasteiger partial charge in [0.25, 0.3) is 5.91 Å². The first kappa shape index (κ1) is 20.8. The van der Waals surface area contributed by atoms with Crippen LogP contribution in [0.1, 0.15) is 10.4 Å². The molecule has 0 aromatic heterocycles. The Hall–Kier alpha value is -3.55. The van der Waals surface area contributed by atoms with Crippen molar-refractivity contribution in [1.29, 1.82) is 0 Å². The lowest BCUT2D eigenvalue weighted by Gasteiger charge is -2.17. The molecule has 0 unspecified atom stereocenters. The van der Waals surface area contributed by atoms with E-state index in [1.807, 2.05) is 0 Å². The van der Waals surface area contributed by atoms with Gasteiger partial charge in [0.05, 0.1) is 32.9 Å². The highest BCUT2D eigenvalue weighted by Crippen LogP contribution is 2.17. The normalized spacial score (nSPS) is 9.96. The van der Waals surface area contributed by atoms with E-state index in [-0.39, 0.29) is 19.0 Å². The maximum Gasteiger partial charge on any atom is 0.255 e. The van der Waals surface area contributed by atoms with Crippen LogP contribution in [0.15, 0.2) is 48.5 Å². The molecule has 0 bridgehead atoms. The second-order valence-corrected chi connectivity index (χ2v) is 5.91. The Morgan fingerprint density at radius 1 is 0.964 bits per heavy atom. The van der Waals surface area contributed by atoms with Gasteiger partial charge in [-0.2, -0.15) is 0 Å². The van der Waals surface area contributed by atoms with E-state index in [0.717, 1.165) is 0 Å². The summed E-state index contributed by atoms with van der Waals surface area (Å²) >= 11 is 0. The summed E-state index contributed by atoms with van der Waals surface area (Å²) in [4.78, 5) is 37.7. The molecule has 2 aromatic carbocycles. The summed E-state index contributed by atoms with van der Waals surface area (Å²) in [5.41, 5.74) is 0.925. The third-order valence-corrected chi connectivity index (χ3v) is 3.93. The van der Waals surface area contributed by atoms with Gasteiger partial charge in [0, 0.05) is 12.7 Å². The smallest absolute Gasteiger partial charge is 0.255 e. The lowest BCUT2D eigenvalue weighted by molar-refractivity contribution is -0.132. The minimum Gasteiger partial charge on any atom is -0.497 e. The molecule has 0 radical (unpaired) electrons. The van der Waals surface area contributed by atoms with Gasteiger partial charge in [-0.3, -0.25) is 14.4 Å². The van der Waals surface area contributed by atoms with Crippen LogP contribution in [-0.4, -0.2) is 57.0 Å². The van der Waals surface area contributed by atoms with Gasteiger partial charge in [0.1, 0.15) is 11.5 Å². The van der Waals surface area contributed by atoms with E-state index in [1.165, 1.54) is 19.1 Å². The lowest BCUT2D eigenvalue weighted by Crippen LogP contribution is -2.41. The van der Waals surface area contributed by atoms with Gasteiger partial charge in [-0.1, -0.05) is 12.1 Å². The number of benzene rings is 2. The summed E-state index contributed by atoms with van der Waals surface area (Å²) in [6, 6.07) is 13.6. The van der Waals surface area contributed by atoms with Crippen LogP contribution < -0.4 is 20.1 Å². The van der Waals surface area contributed by atoms with E-state index in [1.54, 1.807) is 55.6 Å².